The lowest BCUT2D eigenvalue weighted by Gasteiger charge is -2.41. The Bertz CT molecular complexity index is 578. The number of allylic oxidation sites excluding steroid dienone is 3. The predicted octanol–water partition coefficient (Wildman–Crippen LogP) is 3.89. The highest BCUT2D eigenvalue weighted by atomic mass is 32.1. The summed E-state index contributed by atoms with van der Waals surface area (Å²) in [4.78, 5) is 0. The topological polar surface area (TPSA) is 32.3 Å². The van der Waals surface area contributed by atoms with Gasteiger partial charge in [-0.1, -0.05) is 73.8 Å². The Kier molecular flexibility index (Phi) is 5.69. The number of nitrogens with one attached hydrogen (secondary N) is 1. The molecule has 1 aliphatic carbocycles. The van der Waals surface area contributed by atoms with E-state index in [1.807, 2.05) is 55.5 Å². The zero-order valence-corrected chi connectivity index (χ0v) is 13.7. The van der Waals surface area contributed by atoms with E-state index in [0.717, 1.165) is 24.0 Å². The number of aliphatic hydroxyl groups is 1. The zero-order chi connectivity index (χ0) is 16.0. The maximum Gasteiger partial charge on any atom is 0.131 e. The van der Waals surface area contributed by atoms with Crippen molar-refractivity contribution in [3.63, 3.8) is 0 Å². The molecule has 0 radical (unpaired) electrons. The molecule has 0 saturated carbocycles. The van der Waals surface area contributed by atoms with Crippen molar-refractivity contribution in [2.24, 2.45) is 5.92 Å². The quantitative estimate of drug-likeness (QED) is 0.592. The second kappa shape index (κ2) is 7.52. The Morgan fingerprint density at radius 2 is 2.09 bits per heavy atom. The SMILES string of the molecule is C=CC(C)C(NC=S)C(O)(C1=CC=CCC1)c1ccccc1. The minimum atomic E-state index is -1.12. The van der Waals surface area contributed by atoms with Crippen LogP contribution in [-0.4, -0.2) is 16.6 Å². The van der Waals surface area contributed by atoms with E-state index in [1.54, 1.807) is 0 Å². The summed E-state index contributed by atoms with van der Waals surface area (Å²) < 4.78 is 0. The summed E-state index contributed by atoms with van der Waals surface area (Å²) >= 11 is 5.00. The fourth-order valence-electron chi connectivity index (χ4n) is 3.04. The van der Waals surface area contributed by atoms with Gasteiger partial charge < -0.3 is 10.4 Å². The van der Waals surface area contributed by atoms with Crippen molar-refractivity contribution in [1.29, 1.82) is 0 Å². The molecular weight excluding hydrogens is 290 g/mol. The summed E-state index contributed by atoms with van der Waals surface area (Å²) in [5, 5.41) is 14.9. The van der Waals surface area contributed by atoms with Gasteiger partial charge in [-0.2, -0.15) is 0 Å². The van der Waals surface area contributed by atoms with Crippen molar-refractivity contribution in [2.45, 2.75) is 31.4 Å². The minimum absolute atomic E-state index is 0.0520. The standard InChI is InChI=1S/C19H23NOS/c1-3-15(2)18(20-14-22)19(21,16-10-6-4-7-11-16)17-12-8-5-9-13-17/h3-8,10-12,14-15,18,21H,1,9,13H2,2H3,(H,20,22). The van der Waals surface area contributed by atoms with Gasteiger partial charge in [0, 0.05) is 0 Å². The maximum absolute atomic E-state index is 11.7. The molecule has 2 rings (SSSR count). The van der Waals surface area contributed by atoms with Crippen molar-refractivity contribution in [2.75, 3.05) is 0 Å². The van der Waals surface area contributed by atoms with E-state index < -0.39 is 5.60 Å². The molecule has 3 heteroatoms. The number of rotatable bonds is 7. The van der Waals surface area contributed by atoms with Crippen LogP contribution in [0, 0.1) is 5.92 Å². The molecule has 0 fully saturated rings. The third-order valence-electron chi connectivity index (χ3n) is 4.31. The van der Waals surface area contributed by atoms with Gasteiger partial charge in [-0.3, -0.25) is 0 Å². The first-order valence-electron chi connectivity index (χ1n) is 7.61. The average molecular weight is 313 g/mol. The first-order valence-corrected chi connectivity index (χ1v) is 8.08. The second-order valence-corrected chi connectivity index (χ2v) is 5.88. The van der Waals surface area contributed by atoms with Gasteiger partial charge in [0.05, 0.1) is 11.5 Å². The zero-order valence-electron chi connectivity index (χ0n) is 12.9. The molecular formula is C19H23NOS. The summed E-state index contributed by atoms with van der Waals surface area (Å²) in [5.41, 5.74) is 2.25. The van der Waals surface area contributed by atoms with Gasteiger partial charge in [0.25, 0.3) is 0 Å². The molecule has 2 nitrogen and oxygen atoms in total. The molecule has 0 heterocycles. The van der Waals surface area contributed by atoms with Gasteiger partial charge in [-0.25, -0.2) is 0 Å². The van der Waals surface area contributed by atoms with Crippen molar-refractivity contribution in [3.8, 4) is 0 Å². The largest absolute Gasteiger partial charge is 0.379 e. The normalized spacial score (nSPS) is 19.5. The van der Waals surface area contributed by atoms with Gasteiger partial charge in [0.2, 0.25) is 0 Å². The number of hydrogen-bond acceptors (Lipinski definition) is 2. The lowest BCUT2D eigenvalue weighted by molar-refractivity contribution is 0.0247. The molecule has 1 aromatic carbocycles. The highest BCUT2D eigenvalue weighted by Gasteiger charge is 2.43. The molecule has 2 N–H and O–H groups in total. The fourth-order valence-corrected chi connectivity index (χ4v) is 3.19. The third-order valence-corrected chi connectivity index (χ3v) is 4.45. The Balaban J connectivity index is 2.57. The summed E-state index contributed by atoms with van der Waals surface area (Å²) in [5.74, 6) is 0.0520. The van der Waals surface area contributed by atoms with Gasteiger partial charge in [0.15, 0.2) is 0 Å². The van der Waals surface area contributed by atoms with Gasteiger partial charge in [0.1, 0.15) is 5.60 Å². The predicted molar refractivity (Wildman–Crippen MR) is 96.7 cm³/mol. The summed E-state index contributed by atoms with van der Waals surface area (Å²) in [7, 11) is 0. The highest BCUT2D eigenvalue weighted by Crippen LogP contribution is 2.39. The van der Waals surface area contributed by atoms with E-state index in [1.165, 1.54) is 5.49 Å². The summed E-state index contributed by atoms with van der Waals surface area (Å²) in [6.45, 7) is 5.92. The van der Waals surface area contributed by atoms with Crippen molar-refractivity contribution in [3.05, 3.63) is 72.4 Å². The molecule has 0 aliphatic heterocycles. The third kappa shape index (κ3) is 3.21. The van der Waals surface area contributed by atoms with Gasteiger partial charge >= 0.3 is 0 Å². The van der Waals surface area contributed by atoms with Crippen molar-refractivity contribution >= 4 is 17.7 Å². The Hall–Kier alpha value is -1.71. The van der Waals surface area contributed by atoms with Crippen LogP contribution in [0.5, 0.6) is 0 Å². The van der Waals surface area contributed by atoms with E-state index in [4.69, 9.17) is 12.2 Å². The van der Waals surface area contributed by atoms with E-state index >= 15 is 0 Å². The van der Waals surface area contributed by atoms with Crippen LogP contribution in [0.3, 0.4) is 0 Å². The van der Waals surface area contributed by atoms with E-state index in [2.05, 4.69) is 18.0 Å². The van der Waals surface area contributed by atoms with Crippen LogP contribution in [0.15, 0.2) is 66.8 Å². The summed E-state index contributed by atoms with van der Waals surface area (Å²) in [6.07, 6.45) is 9.77. The van der Waals surface area contributed by atoms with E-state index in [-0.39, 0.29) is 12.0 Å². The first-order chi connectivity index (χ1) is 10.6. The lowest BCUT2D eigenvalue weighted by Crippen LogP contribution is -2.52. The fraction of sp³-hybridized carbons (Fsp3) is 0.316. The minimum Gasteiger partial charge on any atom is -0.379 e. The molecule has 1 aliphatic rings. The lowest BCUT2D eigenvalue weighted by atomic mass is 9.73. The highest BCUT2D eigenvalue weighted by molar-refractivity contribution is 7.78. The molecule has 1 aromatic rings. The van der Waals surface area contributed by atoms with Crippen LogP contribution in [0.1, 0.15) is 25.3 Å². The van der Waals surface area contributed by atoms with Crippen molar-refractivity contribution < 1.29 is 5.11 Å². The van der Waals surface area contributed by atoms with Crippen LogP contribution >= 0.6 is 12.2 Å². The Morgan fingerprint density at radius 1 is 1.36 bits per heavy atom. The molecule has 0 bridgehead atoms. The molecule has 0 spiro atoms. The van der Waals surface area contributed by atoms with E-state index in [9.17, 15) is 5.11 Å². The number of hydrogen-bond donors (Lipinski definition) is 2. The number of benzene rings is 1. The molecule has 22 heavy (non-hydrogen) atoms. The van der Waals surface area contributed by atoms with Crippen LogP contribution in [0.25, 0.3) is 0 Å². The van der Waals surface area contributed by atoms with Crippen LogP contribution in [-0.2, 0) is 5.60 Å². The van der Waals surface area contributed by atoms with Crippen LogP contribution in [0.4, 0.5) is 0 Å². The number of thiocarbonyl (C=S) groups is 1. The smallest absolute Gasteiger partial charge is 0.131 e. The Morgan fingerprint density at radius 3 is 2.64 bits per heavy atom. The molecule has 0 aromatic heterocycles. The first kappa shape index (κ1) is 16.7. The molecule has 3 atom stereocenters. The molecule has 3 unspecified atom stereocenters. The van der Waals surface area contributed by atoms with Gasteiger partial charge in [-0.05, 0) is 29.9 Å². The monoisotopic (exact) mass is 313 g/mol. The second-order valence-electron chi connectivity index (χ2n) is 5.65. The van der Waals surface area contributed by atoms with Crippen molar-refractivity contribution in [1.82, 2.24) is 5.32 Å². The average Bonchev–Trinajstić information content (AvgIpc) is 2.60. The molecule has 0 amide bonds. The van der Waals surface area contributed by atoms with Crippen LogP contribution < -0.4 is 5.32 Å². The van der Waals surface area contributed by atoms with Crippen LogP contribution in [0.2, 0.25) is 0 Å². The Labute approximate surface area is 138 Å². The summed E-state index contributed by atoms with van der Waals surface area (Å²) in [6, 6.07) is 9.53. The van der Waals surface area contributed by atoms with Gasteiger partial charge in [-0.15, -0.1) is 6.58 Å². The molecule has 116 valence electrons. The van der Waals surface area contributed by atoms with E-state index in [0.29, 0.717) is 0 Å². The molecule has 0 saturated heterocycles. The maximum atomic E-state index is 11.7.